The number of carbonyl (C=O) groups is 2. The van der Waals surface area contributed by atoms with Crippen LogP contribution in [0, 0.1) is 5.82 Å². The molecule has 0 bridgehead atoms. The van der Waals surface area contributed by atoms with E-state index in [9.17, 15) is 14.0 Å². The summed E-state index contributed by atoms with van der Waals surface area (Å²) < 4.78 is 14.3. The average molecular weight is 261 g/mol. The van der Waals surface area contributed by atoms with Gasteiger partial charge in [0.05, 0.1) is 11.9 Å². The van der Waals surface area contributed by atoms with Crippen molar-refractivity contribution in [2.45, 2.75) is 13.0 Å². The summed E-state index contributed by atoms with van der Waals surface area (Å²) in [6.07, 6.45) is 3.70. The standard InChI is InChI=1S/C13H12FN3O2/c14-10-3-4-12(15-8-10)16-13(19)5-7-17-6-1-2-11(17)9-18/h1-4,6,8-9H,5,7H2,(H,15,16,19). The summed E-state index contributed by atoms with van der Waals surface area (Å²) >= 11 is 0. The molecule has 2 rings (SSSR count). The van der Waals surface area contributed by atoms with Crippen LogP contribution in [0.25, 0.3) is 0 Å². The molecule has 19 heavy (non-hydrogen) atoms. The number of hydrogen-bond donors (Lipinski definition) is 1. The Bertz CT molecular complexity index is 578. The number of nitrogens with one attached hydrogen (secondary N) is 1. The second-order valence-electron chi connectivity index (χ2n) is 3.90. The van der Waals surface area contributed by atoms with Gasteiger partial charge in [-0.2, -0.15) is 0 Å². The third kappa shape index (κ3) is 3.48. The van der Waals surface area contributed by atoms with Gasteiger partial charge < -0.3 is 9.88 Å². The summed E-state index contributed by atoms with van der Waals surface area (Å²) in [6, 6.07) is 6.02. The Hall–Kier alpha value is -2.50. The Morgan fingerprint density at radius 2 is 2.26 bits per heavy atom. The van der Waals surface area contributed by atoms with Crippen LogP contribution in [-0.4, -0.2) is 21.7 Å². The van der Waals surface area contributed by atoms with Crippen LogP contribution in [0.3, 0.4) is 0 Å². The number of nitrogens with zero attached hydrogens (tertiary/aromatic N) is 2. The van der Waals surface area contributed by atoms with Crippen molar-refractivity contribution in [1.82, 2.24) is 9.55 Å². The average Bonchev–Trinajstić information content (AvgIpc) is 2.86. The minimum atomic E-state index is -0.457. The minimum Gasteiger partial charge on any atom is -0.345 e. The van der Waals surface area contributed by atoms with Crippen molar-refractivity contribution in [3.8, 4) is 0 Å². The van der Waals surface area contributed by atoms with Gasteiger partial charge >= 0.3 is 0 Å². The number of aryl methyl sites for hydroxylation is 1. The van der Waals surface area contributed by atoms with E-state index in [0.717, 1.165) is 12.5 Å². The third-order valence-corrected chi connectivity index (χ3v) is 2.56. The van der Waals surface area contributed by atoms with Crippen LogP contribution in [0.2, 0.25) is 0 Å². The Morgan fingerprint density at radius 1 is 1.42 bits per heavy atom. The molecule has 0 fully saturated rings. The molecule has 2 heterocycles. The highest BCUT2D eigenvalue weighted by molar-refractivity contribution is 5.89. The summed E-state index contributed by atoms with van der Waals surface area (Å²) in [4.78, 5) is 26.1. The lowest BCUT2D eigenvalue weighted by atomic mass is 10.3. The van der Waals surface area contributed by atoms with E-state index < -0.39 is 5.82 Å². The molecule has 0 unspecified atom stereocenters. The maximum absolute atomic E-state index is 12.6. The van der Waals surface area contributed by atoms with Crippen LogP contribution in [-0.2, 0) is 11.3 Å². The molecule has 2 aromatic rings. The molecule has 0 aliphatic rings. The van der Waals surface area contributed by atoms with Crippen molar-refractivity contribution in [2.75, 3.05) is 5.32 Å². The topological polar surface area (TPSA) is 64.0 Å². The predicted molar refractivity (Wildman–Crippen MR) is 67.3 cm³/mol. The molecule has 5 nitrogen and oxygen atoms in total. The first-order valence-corrected chi connectivity index (χ1v) is 5.71. The summed E-state index contributed by atoms with van der Waals surface area (Å²) in [5, 5.41) is 2.55. The van der Waals surface area contributed by atoms with Gasteiger partial charge in [0.25, 0.3) is 0 Å². The Balaban J connectivity index is 1.88. The van der Waals surface area contributed by atoms with Crippen molar-refractivity contribution in [1.29, 1.82) is 0 Å². The molecule has 0 saturated heterocycles. The molecular formula is C13H12FN3O2. The smallest absolute Gasteiger partial charge is 0.227 e. The Kier molecular flexibility index (Phi) is 4.02. The summed E-state index contributed by atoms with van der Waals surface area (Å²) in [5.41, 5.74) is 0.521. The largest absolute Gasteiger partial charge is 0.345 e. The zero-order valence-electron chi connectivity index (χ0n) is 10.0. The maximum Gasteiger partial charge on any atom is 0.227 e. The summed E-state index contributed by atoms with van der Waals surface area (Å²) in [5.74, 6) is -0.403. The van der Waals surface area contributed by atoms with Crippen molar-refractivity contribution in [2.24, 2.45) is 0 Å². The maximum atomic E-state index is 12.6. The summed E-state index contributed by atoms with van der Waals surface area (Å²) in [7, 11) is 0. The molecule has 1 amide bonds. The van der Waals surface area contributed by atoms with Gasteiger partial charge in [-0.05, 0) is 24.3 Å². The first-order chi connectivity index (χ1) is 9.19. The monoisotopic (exact) mass is 261 g/mol. The number of halogens is 1. The van der Waals surface area contributed by atoms with Crippen LogP contribution < -0.4 is 5.32 Å². The number of pyridine rings is 1. The fourth-order valence-electron chi connectivity index (χ4n) is 1.62. The minimum absolute atomic E-state index is 0.203. The van der Waals surface area contributed by atoms with Crippen LogP contribution in [0.4, 0.5) is 10.2 Å². The van der Waals surface area contributed by atoms with E-state index >= 15 is 0 Å². The molecular weight excluding hydrogens is 249 g/mol. The van der Waals surface area contributed by atoms with Gasteiger partial charge in [-0.25, -0.2) is 9.37 Å². The van der Waals surface area contributed by atoms with E-state index in [2.05, 4.69) is 10.3 Å². The fourth-order valence-corrected chi connectivity index (χ4v) is 1.62. The molecule has 0 aliphatic heterocycles. The SMILES string of the molecule is O=Cc1cccn1CCC(=O)Nc1ccc(F)cn1. The lowest BCUT2D eigenvalue weighted by Gasteiger charge is -2.06. The van der Waals surface area contributed by atoms with Crippen molar-refractivity contribution >= 4 is 18.0 Å². The normalized spacial score (nSPS) is 10.2. The molecule has 0 radical (unpaired) electrons. The molecule has 1 N–H and O–H groups in total. The number of anilines is 1. The number of amides is 1. The lowest BCUT2D eigenvalue weighted by molar-refractivity contribution is -0.116. The van der Waals surface area contributed by atoms with Gasteiger partial charge in [-0.3, -0.25) is 9.59 Å². The zero-order valence-corrected chi connectivity index (χ0v) is 10.0. The van der Waals surface area contributed by atoms with Crippen LogP contribution in [0.5, 0.6) is 0 Å². The van der Waals surface area contributed by atoms with Gasteiger partial charge in [0.1, 0.15) is 11.6 Å². The Labute approximate surface area is 109 Å². The van der Waals surface area contributed by atoms with Gasteiger partial charge in [-0.1, -0.05) is 0 Å². The number of aldehydes is 1. The molecule has 2 aromatic heterocycles. The Morgan fingerprint density at radius 3 is 2.95 bits per heavy atom. The molecule has 0 atom stereocenters. The summed E-state index contributed by atoms with van der Waals surface area (Å²) in [6.45, 7) is 0.397. The fraction of sp³-hybridized carbons (Fsp3) is 0.154. The number of aromatic nitrogens is 2. The van der Waals surface area contributed by atoms with E-state index in [4.69, 9.17) is 0 Å². The first kappa shape index (κ1) is 12.9. The van der Waals surface area contributed by atoms with Crippen molar-refractivity contribution in [3.05, 3.63) is 48.2 Å². The number of rotatable bonds is 5. The first-order valence-electron chi connectivity index (χ1n) is 5.71. The lowest BCUT2D eigenvalue weighted by Crippen LogP contribution is -2.15. The highest BCUT2D eigenvalue weighted by Gasteiger charge is 2.05. The molecule has 0 aliphatic carbocycles. The third-order valence-electron chi connectivity index (χ3n) is 2.56. The zero-order chi connectivity index (χ0) is 13.7. The quantitative estimate of drug-likeness (QED) is 0.835. The second kappa shape index (κ2) is 5.90. The van der Waals surface area contributed by atoms with E-state index in [1.807, 2.05) is 0 Å². The number of carbonyl (C=O) groups excluding carboxylic acids is 2. The van der Waals surface area contributed by atoms with Crippen LogP contribution >= 0.6 is 0 Å². The van der Waals surface area contributed by atoms with E-state index in [0.29, 0.717) is 18.1 Å². The van der Waals surface area contributed by atoms with Gasteiger partial charge in [-0.15, -0.1) is 0 Å². The van der Waals surface area contributed by atoms with Crippen LogP contribution in [0.1, 0.15) is 16.9 Å². The second-order valence-corrected chi connectivity index (χ2v) is 3.90. The van der Waals surface area contributed by atoms with Gasteiger partial charge in [0, 0.05) is 19.2 Å². The van der Waals surface area contributed by atoms with Gasteiger partial charge in [0.15, 0.2) is 6.29 Å². The van der Waals surface area contributed by atoms with Gasteiger partial charge in [0.2, 0.25) is 5.91 Å². The molecule has 0 saturated carbocycles. The highest BCUT2D eigenvalue weighted by Crippen LogP contribution is 2.05. The molecule has 0 aromatic carbocycles. The molecule has 0 spiro atoms. The van der Waals surface area contributed by atoms with Crippen molar-refractivity contribution < 1.29 is 14.0 Å². The van der Waals surface area contributed by atoms with Crippen LogP contribution in [0.15, 0.2) is 36.7 Å². The van der Waals surface area contributed by atoms with E-state index in [1.54, 1.807) is 22.9 Å². The number of hydrogen-bond acceptors (Lipinski definition) is 3. The molecule has 6 heteroatoms. The van der Waals surface area contributed by atoms with E-state index in [-0.39, 0.29) is 12.3 Å². The van der Waals surface area contributed by atoms with E-state index in [1.165, 1.54) is 12.1 Å². The van der Waals surface area contributed by atoms with Crippen molar-refractivity contribution in [3.63, 3.8) is 0 Å². The molecule has 98 valence electrons. The highest BCUT2D eigenvalue weighted by atomic mass is 19.1. The predicted octanol–water partition coefficient (Wildman–Crippen LogP) is 1.86.